The fourth-order valence-corrected chi connectivity index (χ4v) is 2.31. The summed E-state index contributed by atoms with van der Waals surface area (Å²) in [4.78, 5) is 19.5. The highest BCUT2D eigenvalue weighted by Crippen LogP contribution is 2.19. The molecule has 0 saturated heterocycles. The first-order valence-corrected chi connectivity index (χ1v) is 6.53. The summed E-state index contributed by atoms with van der Waals surface area (Å²) in [5, 5.41) is 3.15. The molecule has 2 aromatic carbocycles. The number of hydrogen-bond donors (Lipinski definition) is 2. The normalized spacial score (nSPS) is 10.7. The van der Waals surface area contributed by atoms with Crippen LogP contribution in [0.25, 0.3) is 11.0 Å². The van der Waals surface area contributed by atoms with Gasteiger partial charge < -0.3 is 4.98 Å². The fourth-order valence-electron chi connectivity index (χ4n) is 1.99. The van der Waals surface area contributed by atoms with Crippen molar-refractivity contribution in [1.29, 1.82) is 0 Å². The van der Waals surface area contributed by atoms with Crippen LogP contribution in [0.1, 0.15) is 15.9 Å². The Morgan fingerprint density at radius 2 is 2.05 bits per heavy atom. The summed E-state index contributed by atoms with van der Waals surface area (Å²) < 4.78 is 0. The third kappa shape index (κ3) is 2.38. The van der Waals surface area contributed by atoms with Crippen molar-refractivity contribution in [3.05, 3.63) is 58.6 Å². The van der Waals surface area contributed by atoms with Crippen molar-refractivity contribution in [2.75, 3.05) is 5.32 Å². The van der Waals surface area contributed by atoms with Gasteiger partial charge in [-0.1, -0.05) is 29.8 Å². The fraction of sp³-hybridized carbons (Fsp3) is 0.0667. The van der Waals surface area contributed by atoms with Gasteiger partial charge in [-0.3, -0.25) is 10.1 Å². The van der Waals surface area contributed by atoms with Crippen molar-refractivity contribution < 1.29 is 4.79 Å². The lowest BCUT2D eigenvalue weighted by Gasteiger charge is -2.04. The third-order valence-corrected chi connectivity index (χ3v) is 3.30. The number of aromatic amines is 1. The number of amides is 1. The van der Waals surface area contributed by atoms with Gasteiger partial charge in [0.05, 0.1) is 21.6 Å². The summed E-state index contributed by atoms with van der Waals surface area (Å²) in [6.45, 7) is 1.92. The minimum absolute atomic E-state index is 0.283. The molecule has 0 spiro atoms. The Balaban J connectivity index is 1.88. The number of rotatable bonds is 2. The van der Waals surface area contributed by atoms with Crippen LogP contribution >= 0.6 is 11.6 Å². The maximum absolute atomic E-state index is 12.2. The van der Waals surface area contributed by atoms with E-state index in [-0.39, 0.29) is 5.91 Å². The summed E-state index contributed by atoms with van der Waals surface area (Å²) in [6.07, 6.45) is 0. The number of benzene rings is 2. The summed E-state index contributed by atoms with van der Waals surface area (Å²) in [6, 6.07) is 12.9. The van der Waals surface area contributed by atoms with E-state index in [0.29, 0.717) is 16.5 Å². The smallest absolute Gasteiger partial charge is 0.259 e. The van der Waals surface area contributed by atoms with Crippen LogP contribution in [-0.4, -0.2) is 15.9 Å². The van der Waals surface area contributed by atoms with E-state index in [9.17, 15) is 4.79 Å². The van der Waals surface area contributed by atoms with E-state index in [1.54, 1.807) is 12.1 Å². The van der Waals surface area contributed by atoms with Crippen LogP contribution < -0.4 is 5.32 Å². The van der Waals surface area contributed by atoms with Gasteiger partial charge in [-0.25, -0.2) is 4.98 Å². The molecule has 0 saturated carbocycles. The summed E-state index contributed by atoms with van der Waals surface area (Å²) >= 11 is 6.08. The van der Waals surface area contributed by atoms with Crippen molar-refractivity contribution in [3.63, 3.8) is 0 Å². The molecule has 1 amide bonds. The number of imidazole rings is 1. The highest BCUT2D eigenvalue weighted by atomic mass is 35.5. The van der Waals surface area contributed by atoms with Crippen molar-refractivity contribution in [1.82, 2.24) is 9.97 Å². The van der Waals surface area contributed by atoms with Crippen LogP contribution in [0.2, 0.25) is 5.02 Å². The van der Waals surface area contributed by atoms with Gasteiger partial charge in [0.15, 0.2) is 0 Å². The molecular formula is C15H12ClN3O. The monoisotopic (exact) mass is 285 g/mol. The minimum atomic E-state index is -0.283. The predicted molar refractivity (Wildman–Crippen MR) is 80.2 cm³/mol. The number of hydrogen-bond acceptors (Lipinski definition) is 2. The van der Waals surface area contributed by atoms with Gasteiger partial charge in [-0.05, 0) is 36.8 Å². The quantitative estimate of drug-likeness (QED) is 0.753. The second-order valence-electron chi connectivity index (χ2n) is 4.54. The second kappa shape index (κ2) is 4.98. The number of nitrogens with one attached hydrogen (secondary N) is 2. The zero-order valence-electron chi connectivity index (χ0n) is 10.8. The van der Waals surface area contributed by atoms with Crippen molar-refractivity contribution in [2.24, 2.45) is 0 Å². The average Bonchev–Trinajstić information content (AvgIpc) is 2.80. The zero-order chi connectivity index (χ0) is 14.1. The highest BCUT2D eigenvalue weighted by molar-refractivity contribution is 6.34. The molecule has 4 nitrogen and oxygen atoms in total. The van der Waals surface area contributed by atoms with Gasteiger partial charge in [0, 0.05) is 0 Å². The number of para-hydroxylation sites is 2. The summed E-state index contributed by atoms with van der Waals surface area (Å²) in [5.74, 6) is 0.127. The van der Waals surface area contributed by atoms with Crippen molar-refractivity contribution in [3.8, 4) is 0 Å². The molecule has 20 heavy (non-hydrogen) atoms. The molecule has 3 rings (SSSR count). The lowest BCUT2D eigenvalue weighted by molar-refractivity contribution is 0.102. The van der Waals surface area contributed by atoms with Crippen LogP contribution in [0.15, 0.2) is 42.5 Å². The van der Waals surface area contributed by atoms with Crippen LogP contribution in [-0.2, 0) is 0 Å². The molecule has 3 aromatic rings. The molecule has 1 aromatic heterocycles. The van der Waals surface area contributed by atoms with E-state index in [2.05, 4.69) is 15.3 Å². The molecule has 0 aliphatic carbocycles. The largest absolute Gasteiger partial charge is 0.324 e. The van der Waals surface area contributed by atoms with Crippen LogP contribution in [0.5, 0.6) is 0 Å². The van der Waals surface area contributed by atoms with Gasteiger partial charge in [-0.2, -0.15) is 0 Å². The maximum atomic E-state index is 12.2. The zero-order valence-corrected chi connectivity index (χ0v) is 11.5. The number of carbonyl (C=O) groups excluding carboxylic acids is 1. The van der Waals surface area contributed by atoms with E-state index in [0.717, 1.165) is 16.6 Å². The van der Waals surface area contributed by atoms with Crippen LogP contribution in [0.3, 0.4) is 0 Å². The van der Waals surface area contributed by atoms with E-state index < -0.39 is 0 Å². The van der Waals surface area contributed by atoms with Crippen LogP contribution in [0, 0.1) is 6.92 Å². The topological polar surface area (TPSA) is 57.8 Å². The molecule has 0 aliphatic heterocycles. The lowest BCUT2D eigenvalue weighted by Crippen LogP contribution is -2.13. The van der Waals surface area contributed by atoms with Crippen molar-refractivity contribution >= 4 is 34.5 Å². The van der Waals surface area contributed by atoms with E-state index in [1.807, 2.05) is 37.3 Å². The Kier molecular flexibility index (Phi) is 3.16. The van der Waals surface area contributed by atoms with E-state index in [4.69, 9.17) is 11.6 Å². The second-order valence-corrected chi connectivity index (χ2v) is 4.95. The summed E-state index contributed by atoms with van der Waals surface area (Å²) in [7, 11) is 0. The third-order valence-electron chi connectivity index (χ3n) is 2.99. The standard InChI is InChI=1S/C15H12ClN3O/c1-9-6-7-10(11(16)8-9)14(20)19-15-17-12-4-2-3-5-13(12)18-15/h2-8H,1H3,(H2,17,18,19,20). The van der Waals surface area contributed by atoms with Gasteiger partial charge in [0.2, 0.25) is 5.95 Å². The van der Waals surface area contributed by atoms with Gasteiger partial charge >= 0.3 is 0 Å². The molecule has 0 unspecified atom stereocenters. The summed E-state index contributed by atoms with van der Waals surface area (Å²) in [5.41, 5.74) is 3.11. The number of anilines is 1. The Morgan fingerprint density at radius 1 is 1.25 bits per heavy atom. The Hall–Kier alpha value is -2.33. The molecular weight excluding hydrogens is 274 g/mol. The molecule has 5 heteroatoms. The molecule has 0 fully saturated rings. The first-order chi connectivity index (χ1) is 9.63. The van der Waals surface area contributed by atoms with Gasteiger partial charge in [0.1, 0.15) is 0 Å². The molecule has 2 N–H and O–H groups in total. The molecule has 0 radical (unpaired) electrons. The van der Waals surface area contributed by atoms with Crippen molar-refractivity contribution in [2.45, 2.75) is 6.92 Å². The lowest BCUT2D eigenvalue weighted by atomic mass is 10.1. The van der Waals surface area contributed by atoms with Gasteiger partial charge in [0.25, 0.3) is 5.91 Å². The number of fused-ring (bicyclic) bond motifs is 1. The maximum Gasteiger partial charge on any atom is 0.259 e. The predicted octanol–water partition coefficient (Wildman–Crippen LogP) is 3.78. The minimum Gasteiger partial charge on any atom is -0.324 e. The number of halogens is 1. The number of aromatic nitrogens is 2. The van der Waals surface area contributed by atoms with Gasteiger partial charge in [-0.15, -0.1) is 0 Å². The average molecular weight is 286 g/mol. The van der Waals surface area contributed by atoms with E-state index in [1.165, 1.54) is 0 Å². The van der Waals surface area contributed by atoms with Crippen LogP contribution in [0.4, 0.5) is 5.95 Å². The Morgan fingerprint density at radius 3 is 2.80 bits per heavy atom. The molecule has 1 heterocycles. The first kappa shape index (κ1) is 12.7. The Labute approximate surface area is 120 Å². The molecule has 0 aliphatic rings. The molecule has 100 valence electrons. The molecule has 0 bridgehead atoms. The first-order valence-electron chi connectivity index (χ1n) is 6.16. The number of carbonyl (C=O) groups is 1. The highest BCUT2D eigenvalue weighted by Gasteiger charge is 2.12. The number of H-pyrrole nitrogens is 1. The number of aryl methyl sites for hydroxylation is 1. The van der Waals surface area contributed by atoms with E-state index >= 15 is 0 Å². The SMILES string of the molecule is Cc1ccc(C(=O)Nc2nc3ccccc3[nH]2)c(Cl)c1. The number of nitrogens with zero attached hydrogens (tertiary/aromatic N) is 1. The molecule has 0 atom stereocenters. The Bertz CT molecular complexity index is 762.